The van der Waals surface area contributed by atoms with Crippen LogP contribution >= 0.6 is 0 Å². The van der Waals surface area contributed by atoms with Gasteiger partial charge in [-0.15, -0.1) is 0 Å². The summed E-state index contributed by atoms with van der Waals surface area (Å²) >= 11 is 0. The number of fused-ring (bicyclic) bond motifs is 3. The second-order valence-electron chi connectivity index (χ2n) is 3.80. The molecule has 4 atom stereocenters. The van der Waals surface area contributed by atoms with Gasteiger partial charge in [0.15, 0.2) is 0 Å². The quantitative estimate of drug-likeness (QED) is 0.679. The zero-order chi connectivity index (χ0) is 9.71. The highest BCUT2D eigenvalue weighted by Crippen LogP contribution is 2.51. The van der Waals surface area contributed by atoms with Crippen LogP contribution < -0.4 is 0 Å². The highest BCUT2D eigenvalue weighted by Gasteiger charge is 2.53. The molecule has 0 aromatic heterocycles. The van der Waals surface area contributed by atoms with Crippen LogP contribution in [0.5, 0.6) is 0 Å². The maximum Gasteiger partial charge on any atom is 0.118 e. The average Bonchev–Trinajstić information content (AvgIpc) is 2.99. The Bertz CT molecular complexity index is 363. The van der Waals surface area contributed by atoms with Crippen molar-refractivity contribution in [3.05, 3.63) is 35.4 Å². The third-order valence-corrected chi connectivity index (χ3v) is 3.04. The first-order chi connectivity index (χ1) is 6.83. The lowest BCUT2D eigenvalue weighted by Crippen LogP contribution is -2.30. The number of hydrogen-bond donors (Lipinski definition) is 1. The number of benzene rings is 1. The first-order valence-electron chi connectivity index (χ1n) is 4.78. The van der Waals surface area contributed by atoms with Gasteiger partial charge < -0.3 is 14.6 Å². The summed E-state index contributed by atoms with van der Waals surface area (Å²) in [6, 6.07) is 7.98. The van der Waals surface area contributed by atoms with E-state index in [4.69, 9.17) is 9.47 Å². The monoisotopic (exact) mass is 192 g/mol. The summed E-state index contributed by atoms with van der Waals surface area (Å²) in [6.45, 7) is 0. The normalized spacial score (nSPS) is 38.7. The minimum atomic E-state index is -0.528. The van der Waals surface area contributed by atoms with Crippen molar-refractivity contribution in [1.29, 1.82) is 0 Å². The van der Waals surface area contributed by atoms with Crippen molar-refractivity contribution in [3.63, 3.8) is 0 Å². The van der Waals surface area contributed by atoms with Crippen LogP contribution in [-0.2, 0) is 9.47 Å². The molecule has 2 aliphatic rings. The van der Waals surface area contributed by atoms with E-state index in [1.165, 1.54) is 0 Å². The SMILES string of the molecule is CO[C@H]1c2ccccc2[C@@H]2O[C@@H]2[C@@H]1O. The predicted molar refractivity (Wildman–Crippen MR) is 49.8 cm³/mol. The molecule has 3 nitrogen and oxygen atoms in total. The Labute approximate surface area is 82.3 Å². The number of rotatable bonds is 1. The van der Waals surface area contributed by atoms with Gasteiger partial charge in [0, 0.05) is 7.11 Å². The standard InChI is InChI=1S/C11H12O3/c1-13-9-6-4-2-3-5-7(6)10-11(14-10)8(9)12/h2-5,8-12H,1H3/t8-,9+,10+,11-/m1/s1. The van der Waals surface area contributed by atoms with Gasteiger partial charge in [-0.05, 0) is 11.1 Å². The molecule has 0 amide bonds. The summed E-state index contributed by atoms with van der Waals surface area (Å²) in [5.41, 5.74) is 2.22. The topological polar surface area (TPSA) is 42.0 Å². The molecule has 1 aromatic carbocycles. The van der Waals surface area contributed by atoms with E-state index in [9.17, 15) is 5.11 Å². The number of aliphatic hydroxyl groups is 1. The zero-order valence-electron chi connectivity index (χ0n) is 7.88. The largest absolute Gasteiger partial charge is 0.387 e. The number of aliphatic hydroxyl groups excluding tert-OH is 1. The van der Waals surface area contributed by atoms with Crippen molar-refractivity contribution >= 4 is 0 Å². The molecule has 0 bridgehead atoms. The highest BCUT2D eigenvalue weighted by atomic mass is 16.6. The molecule has 1 heterocycles. The van der Waals surface area contributed by atoms with E-state index in [0.29, 0.717) is 0 Å². The molecule has 1 aliphatic heterocycles. The molecule has 3 heteroatoms. The van der Waals surface area contributed by atoms with E-state index in [2.05, 4.69) is 0 Å². The molecular formula is C11H12O3. The molecule has 14 heavy (non-hydrogen) atoms. The summed E-state index contributed by atoms with van der Waals surface area (Å²) in [7, 11) is 1.62. The van der Waals surface area contributed by atoms with Crippen molar-refractivity contribution in [2.45, 2.75) is 24.4 Å². The van der Waals surface area contributed by atoms with E-state index in [1.54, 1.807) is 7.11 Å². The van der Waals surface area contributed by atoms with Crippen LogP contribution in [0.15, 0.2) is 24.3 Å². The van der Waals surface area contributed by atoms with Gasteiger partial charge >= 0.3 is 0 Å². The summed E-state index contributed by atoms with van der Waals surface area (Å²) < 4.78 is 10.7. The van der Waals surface area contributed by atoms with Gasteiger partial charge in [-0.2, -0.15) is 0 Å². The van der Waals surface area contributed by atoms with E-state index in [-0.39, 0.29) is 18.3 Å². The van der Waals surface area contributed by atoms with E-state index in [0.717, 1.165) is 11.1 Å². The Hall–Kier alpha value is -0.900. The van der Waals surface area contributed by atoms with Crippen LogP contribution in [0.1, 0.15) is 23.3 Å². The molecule has 3 rings (SSSR count). The van der Waals surface area contributed by atoms with E-state index < -0.39 is 6.10 Å². The Morgan fingerprint density at radius 1 is 1.29 bits per heavy atom. The maximum absolute atomic E-state index is 9.88. The molecule has 1 aromatic rings. The average molecular weight is 192 g/mol. The van der Waals surface area contributed by atoms with Crippen molar-refractivity contribution in [2.24, 2.45) is 0 Å². The third kappa shape index (κ3) is 0.974. The molecule has 0 unspecified atom stereocenters. The molecule has 1 aliphatic carbocycles. The number of ether oxygens (including phenoxy) is 2. The highest BCUT2D eigenvalue weighted by molar-refractivity contribution is 5.39. The van der Waals surface area contributed by atoms with Crippen LogP contribution in [0.3, 0.4) is 0 Å². The van der Waals surface area contributed by atoms with Gasteiger partial charge in [0.1, 0.15) is 24.4 Å². The summed E-state index contributed by atoms with van der Waals surface area (Å²) in [4.78, 5) is 0. The molecule has 1 saturated heterocycles. The number of hydrogen-bond acceptors (Lipinski definition) is 3. The zero-order valence-corrected chi connectivity index (χ0v) is 7.88. The third-order valence-electron chi connectivity index (χ3n) is 3.04. The molecule has 1 fully saturated rings. The van der Waals surface area contributed by atoms with E-state index >= 15 is 0 Å². The Kier molecular flexibility index (Phi) is 1.68. The lowest BCUT2D eigenvalue weighted by molar-refractivity contribution is -0.0280. The fourth-order valence-electron chi connectivity index (χ4n) is 2.29. The van der Waals surface area contributed by atoms with Crippen molar-refractivity contribution < 1.29 is 14.6 Å². The van der Waals surface area contributed by atoms with Crippen molar-refractivity contribution in [1.82, 2.24) is 0 Å². The van der Waals surface area contributed by atoms with Crippen molar-refractivity contribution in [2.75, 3.05) is 7.11 Å². The van der Waals surface area contributed by atoms with Crippen LogP contribution in [0.4, 0.5) is 0 Å². The summed E-state index contributed by atoms with van der Waals surface area (Å²) in [6.07, 6.45) is -0.739. The van der Waals surface area contributed by atoms with E-state index in [1.807, 2.05) is 24.3 Å². The van der Waals surface area contributed by atoms with Gasteiger partial charge in [-0.25, -0.2) is 0 Å². The summed E-state index contributed by atoms with van der Waals surface area (Å²) in [5.74, 6) is 0. The second-order valence-corrected chi connectivity index (χ2v) is 3.80. The Balaban J connectivity index is 2.10. The molecule has 0 radical (unpaired) electrons. The lowest BCUT2D eigenvalue weighted by atomic mass is 9.87. The minimum Gasteiger partial charge on any atom is -0.387 e. The Morgan fingerprint density at radius 3 is 2.71 bits per heavy atom. The van der Waals surface area contributed by atoms with Crippen molar-refractivity contribution in [3.8, 4) is 0 Å². The lowest BCUT2D eigenvalue weighted by Gasteiger charge is -2.26. The predicted octanol–water partition coefficient (Wildman–Crippen LogP) is 1.19. The smallest absolute Gasteiger partial charge is 0.118 e. The van der Waals surface area contributed by atoms with Gasteiger partial charge in [-0.3, -0.25) is 0 Å². The first kappa shape index (κ1) is 8.41. The molecular weight excluding hydrogens is 180 g/mol. The Morgan fingerprint density at radius 2 is 2.00 bits per heavy atom. The minimum absolute atomic E-state index is 0.0603. The van der Waals surface area contributed by atoms with Crippen LogP contribution in [0.2, 0.25) is 0 Å². The van der Waals surface area contributed by atoms with Gasteiger partial charge in [0.25, 0.3) is 0 Å². The van der Waals surface area contributed by atoms with Crippen LogP contribution in [0.25, 0.3) is 0 Å². The first-order valence-corrected chi connectivity index (χ1v) is 4.78. The molecule has 0 spiro atoms. The summed E-state index contributed by atoms with van der Waals surface area (Å²) in [5, 5.41) is 9.88. The number of epoxide rings is 1. The van der Waals surface area contributed by atoms with Gasteiger partial charge in [-0.1, -0.05) is 24.3 Å². The molecule has 0 saturated carbocycles. The molecule has 74 valence electrons. The maximum atomic E-state index is 9.88. The number of methoxy groups -OCH3 is 1. The van der Waals surface area contributed by atoms with Gasteiger partial charge in [0.05, 0.1) is 0 Å². The van der Waals surface area contributed by atoms with Crippen LogP contribution in [-0.4, -0.2) is 24.4 Å². The second kappa shape index (κ2) is 2.79. The van der Waals surface area contributed by atoms with Crippen LogP contribution in [0, 0.1) is 0 Å². The molecule has 1 N–H and O–H groups in total. The fourth-order valence-corrected chi connectivity index (χ4v) is 2.29. The van der Waals surface area contributed by atoms with Gasteiger partial charge in [0.2, 0.25) is 0 Å². The fraction of sp³-hybridized carbons (Fsp3) is 0.455.